The van der Waals surface area contributed by atoms with Gasteiger partial charge in [0.05, 0.1) is 15.0 Å². The van der Waals surface area contributed by atoms with Crippen LogP contribution >= 0.6 is 34.8 Å². The van der Waals surface area contributed by atoms with E-state index >= 15 is 0 Å². The summed E-state index contributed by atoms with van der Waals surface area (Å²) in [6.45, 7) is -0.359. The third-order valence-electron chi connectivity index (χ3n) is 8.05. The first-order chi connectivity index (χ1) is 22.9. The minimum absolute atomic E-state index is 0.00243. The number of aromatic hydroxyl groups is 1. The number of phenolic OH excluding ortho intramolecular Hbond substituents is 1. The van der Waals surface area contributed by atoms with Crippen molar-refractivity contribution in [2.45, 2.75) is 35.6 Å². The van der Waals surface area contributed by atoms with E-state index in [1.807, 2.05) is 42.5 Å². The summed E-state index contributed by atoms with van der Waals surface area (Å²) >= 11 is 18.3. The Kier molecular flexibility index (Phi) is 10.7. The molecule has 258 valence electrons. The van der Waals surface area contributed by atoms with Crippen LogP contribution < -0.4 is 10.3 Å². The predicted octanol–water partition coefficient (Wildman–Crippen LogP) is 6.03. The van der Waals surface area contributed by atoms with Crippen LogP contribution in [-0.2, 0) is 49.6 Å². The first kappa shape index (κ1) is 37.0. The molecule has 1 atom stereocenters. The van der Waals surface area contributed by atoms with E-state index in [1.54, 1.807) is 36.4 Å². The number of primary sulfonamides is 2. The predicted molar refractivity (Wildman–Crippen MR) is 192 cm³/mol. The van der Waals surface area contributed by atoms with Gasteiger partial charge >= 0.3 is 0 Å². The number of hydrogen-bond donors (Lipinski definition) is 3. The minimum Gasteiger partial charge on any atom is -0.505 e. The highest BCUT2D eigenvalue weighted by Crippen LogP contribution is 2.39. The highest BCUT2D eigenvalue weighted by Gasteiger charge is 2.44. The van der Waals surface area contributed by atoms with Gasteiger partial charge in [0.2, 0.25) is 30.1 Å². The van der Waals surface area contributed by atoms with Crippen molar-refractivity contribution in [1.29, 1.82) is 0 Å². The molecule has 0 aromatic heterocycles. The molecule has 1 aliphatic rings. The summed E-state index contributed by atoms with van der Waals surface area (Å²) in [5.41, 5.74) is 3.38. The molecular formula is C33H30Cl3N3O7S3. The van der Waals surface area contributed by atoms with Gasteiger partial charge in [0.25, 0.3) is 0 Å². The second-order valence-corrected chi connectivity index (χ2v) is 18.1. The van der Waals surface area contributed by atoms with Crippen LogP contribution in [0.25, 0.3) is 11.1 Å². The molecule has 0 spiro atoms. The molecule has 0 bridgehead atoms. The fourth-order valence-electron chi connectivity index (χ4n) is 5.51. The van der Waals surface area contributed by atoms with Crippen molar-refractivity contribution in [3.8, 4) is 16.9 Å². The van der Waals surface area contributed by atoms with Crippen molar-refractivity contribution < 1.29 is 30.4 Å². The Labute approximate surface area is 300 Å². The lowest BCUT2D eigenvalue weighted by atomic mass is 9.91. The van der Waals surface area contributed by atoms with Crippen LogP contribution in [0, 0.1) is 0 Å². The maximum absolute atomic E-state index is 14.2. The number of benzene rings is 4. The van der Waals surface area contributed by atoms with Gasteiger partial charge in [0.1, 0.15) is 9.64 Å². The standard InChI is InChI=1S/C33H30Cl3N3O7S3/c34-27-16-29(36)32(40)30(17-27)48(43,44)39(20-22-9-11-26(12-10-22)25-7-2-1-3-8-25)21-24-6-4-5-23(15-24)18-33(49(38,45)46)14-13-28(35)31(19-33)47(37,41)42/h1-17,40H,18-21H2,(H2,37,41,42)(H2,38,45,46). The van der Waals surface area contributed by atoms with Crippen molar-refractivity contribution in [3.63, 3.8) is 0 Å². The fraction of sp³-hybridized carbons (Fsp3) is 0.152. The van der Waals surface area contributed by atoms with E-state index in [9.17, 15) is 30.4 Å². The van der Waals surface area contributed by atoms with Crippen molar-refractivity contribution in [2.75, 3.05) is 0 Å². The summed E-state index contributed by atoms with van der Waals surface area (Å²) in [7, 11) is -13.2. The van der Waals surface area contributed by atoms with E-state index in [2.05, 4.69) is 0 Å². The lowest BCUT2D eigenvalue weighted by molar-refractivity contribution is 0.394. The van der Waals surface area contributed by atoms with Gasteiger partial charge in [0.15, 0.2) is 5.75 Å². The molecule has 0 amide bonds. The number of halogens is 3. The minimum atomic E-state index is -4.45. The van der Waals surface area contributed by atoms with E-state index < -0.39 is 56.8 Å². The smallest absolute Gasteiger partial charge is 0.247 e. The topological polar surface area (TPSA) is 178 Å². The van der Waals surface area contributed by atoms with Crippen LogP contribution in [0.1, 0.15) is 23.1 Å². The van der Waals surface area contributed by atoms with E-state index in [0.717, 1.165) is 27.6 Å². The van der Waals surface area contributed by atoms with Crippen LogP contribution in [0.5, 0.6) is 5.75 Å². The molecule has 0 radical (unpaired) electrons. The zero-order valence-electron chi connectivity index (χ0n) is 25.5. The van der Waals surface area contributed by atoms with Gasteiger partial charge < -0.3 is 5.11 Å². The maximum atomic E-state index is 14.2. The molecule has 5 rings (SSSR count). The van der Waals surface area contributed by atoms with Gasteiger partial charge in [0, 0.05) is 24.5 Å². The molecule has 0 aliphatic heterocycles. The zero-order chi connectivity index (χ0) is 35.8. The van der Waals surface area contributed by atoms with E-state index in [1.165, 1.54) is 12.1 Å². The number of phenols is 1. The molecule has 0 heterocycles. The molecule has 16 heteroatoms. The second kappa shape index (κ2) is 14.2. The summed E-state index contributed by atoms with van der Waals surface area (Å²) in [5, 5.41) is 21.2. The third-order valence-corrected chi connectivity index (χ3v) is 13.4. The van der Waals surface area contributed by atoms with Gasteiger partial charge in [-0.3, -0.25) is 0 Å². The fourth-order valence-corrected chi connectivity index (χ4v) is 9.99. The zero-order valence-corrected chi connectivity index (χ0v) is 30.2. The highest BCUT2D eigenvalue weighted by molar-refractivity contribution is 7.93. The molecule has 0 fully saturated rings. The summed E-state index contributed by atoms with van der Waals surface area (Å²) < 4.78 is 77.9. The second-order valence-electron chi connectivity index (χ2n) is 11.5. The quantitative estimate of drug-likeness (QED) is 0.166. The van der Waals surface area contributed by atoms with Crippen LogP contribution in [0.2, 0.25) is 10.0 Å². The van der Waals surface area contributed by atoms with Crippen LogP contribution in [0.15, 0.2) is 118 Å². The van der Waals surface area contributed by atoms with Crippen molar-refractivity contribution in [3.05, 3.63) is 140 Å². The number of nitrogens with two attached hydrogens (primary N) is 2. The molecular weight excluding hydrogens is 753 g/mol. The Morgan fingerprint density at radius 1 is 0.735 bits per heavy atom. The van der Waals surface area contributed by atoms with Gasteiger partial charge in [-0.25, -0.2) is 35.5 Å². The Morgan fingerprint density at radius 3 is 1.98 bits per heavy atom. The Hall–Kier alpha value is -3.24. The molecule has 1 unspecified atom stereocenters. The van der Waals surface area contributed by atoms with E-state index in [-0.39, 0.29) is 34.6 Å². The average molecular weight is 783 g/mol. The lowest BCUT2D eigenvalue weighted by Gasteiger charge is -2.32. The number of sulfonamides is 3. The van der Waals surface area contributed by atoms with Gasteiger partial charge in [-0.2, -0.15) is 4.31 Å². The van der Waals surface area contributed by atoms with Crippen LogP contribution in [0.4, 0.5) is 0 Å². The Bertz CT molecular complexity index is 2300. The average Bonchev–Trinajstić information content (AvgIpc) is 3.03. The molecule has 4 aromatic carbocycles. The first-order valence-electron chi connectivity index (χ1n) is 14.4. The molecule has 4 aromatic rings. The largest absolute Gasteiger partial charge is 0.505 e. The third kappa shape index (κ3) is 8.22. The number of nitrogens with zero attached hydrogens (tertiary/aromatic N) is 1. The summed E-state index contributed by atoms with van der Waals surface area (Å²) in [6, 6.07) is 25.7. The van der Waals surface area contributed by atoms with E-state index in [0.29, 0.717) is 16.7 Å². The number of rotatable bonds is 11. The molecule has 5 N–H and O–H groups in total. The van der Waals surface area contributed by atoms with Crippen molar-refractivity contribution >= 4 is 64.9 Å². The maximum Gasteiger partial charge on any atom is 0.247 e. The molecule has 0 saturated heterocycles. The van der Waals surface area contributed by atoms with Crippen LogP contribution in [0.3, 0.4) is 0 Å². The molecule has 0 saturated carbocycles. The van der Waals surface area contributed by atoms with Crippen molar-refractivity contribution in [2.24, 2.45) is 10.3 Å². The summed E-state index contributed by atoms with van der Waals surface area (Å²) in [5.74, 6) is -0.666. The molecule has 49 heavy (non-hydrogen) atoms. The van der Waals surface area contributed by atoms with Gasteiger partial charge in [-0.1, -0.05) is 120 Å². The number of hydrogen-bond acceptors (Lipinski definition) is 7. The molecule has 10 nitrogen and oxygen atoms in total. The monoisotopic (exact) mass is 781 g/mol. The summed E-state index contributed by atoms with van der Waals surface area (Å²) in [4.78, 5) is -0.973. The van der Waals surface area contributed by atoms with Gasteiger partial charge in [-0.15, -0.1) is 0 Å². The van der Waals surface area contributed by atoms with E-state index in [4.69, 9.17) is 45.1 Å². The SMILES string of the molecule is NS(=O)(=O)C1=C(Cl)C=CC(Cc2cccc(CN(Cc3ccc(-c4ccccc4)cc3)S(=O)(=O)c3cc(Cl)cc(Cl)c3O)c2)(S(N)(=O)=O)C1. The normalized spacial score (nSPS) is 17.1. The van der Waals surface area contributed by atoms with Crippen LogP contribution in [-0.4, -0.2) is 39.4 Å². The lowest BCUT2D eigenvalue weighted by Crippen LogP contribution is -2.46. The highest BCUT2D eigenvalue weighted by atomic mass is 35.5. The molecule has 1 aliphatic carbocycles. The van der Waals surface area contributed by atoms with Gasteiger partial charge in [-0.05, 0) is 52.4 Å². The first-order valence-corrected chi connectivity index (χ1v) is 20.1. The summed E-state index contributed by atoms with van der Waals surface area (Å²) in [6.07, 6.45) is 1.49. The number of allylic oxidation sites excluding steroid dienone is 3. The van der Waals surface area contributed by atoms with Crippen molar-refractivity contribution in [1.82, 2.24) is 4.31 Å². The Balaban J connectivity index is 1.52. The Morgan fingerprint density at radius 2 is 1.35 bits per heavy atom.